The Morgan fingerprint density at radius 1 is 1.11 bits per heavy atom. The van der Waals surface area contributed by atoms with Gasteiger partial charge in [-0.1, -0.05) is 12.1 Å². The van der Waals surface area contributed by atoms with Crippen molar-refractivity contribution in [2.75, 3.05) is 11.9 Å². The zero-order valence-electron chi connectivity index (χ0n) is 9.94. The Kier molecular flexibility index (Phi) is 4.73. The van der Waals surface area contributed by atoms with Crippen LogP contribution in [0.25, 0.3) is 0 Å². The Labute approximate surface area is 115 Å². The highest BCUT2D eigenvalue weighted by Crippen LogP contribution is 2.12. The highest BCUT2D eigenvalue weighted by Gasteiger charge is 1.96. The molecule has 3 nitrogen and oxygen atoms in total. The number of rotatable bonds is 5. The lowest BCUT2D eigenvalue weighted by atomic mass is 10.1. The maximum Gasteiger partial charge on any atom is 0.0595 e. The van der Waals surface area contributed by atoms with E-state index in [1.54, 1.807) is 6.20 Å². The smallest absolute Gasteiger partial charge is 0.0595 e. The van der Waals surface area contributed by atoms with Gasteiger partial charge in [-0.05, 0) is 52.2 Å². The van der Waals surface area contributed by atoms with Gasteiger partial charge in [-0.25, -0.2) is 0 Å². The zero-order valence-corrected chi connectivity index (χ0v) is 11.5. The highest BCUT2D eigenvalue weighted by molar-refractivity contribution is 9.10. The summed E-state index contributed by atoms with van der Waals surface area (Å²) in [5.74, 6) is 0. The van der Waals surface area contributed by atoms with Crippen LogP contribution in [0.1, 0.15) is 11.3 Å². The molecule has 2 aromatic rings. The van der Waals surface area contributed by atoms with Gasteiger partial charge < -0.3 is 10.4 Å². The van der Waals surface area contributed by atoms with Crippen LogP contribution in [0.4, 0.5) is 5.69 Å². The minimum absolute atomic E-state index is 0.190. The lowest BCUT2D eigenvalue weighted by molar-refractivity contribution is 0.299. The van der Waals surface area contributed by atoms with Crippen LogP contribution in [0, 0.1) is 0 Å². The number of hydrogen-bond acceptors (Lipinski definition) is 3. The molecule has 0 spiro atoms. The largest absolute Gasteiger partial charge is 0.396 e. The van der Waals surface area contributed by atoms with Crippen LogP contribution in [-0.4, -0.2) is 16.7 Å². The van der Waals surface area contributed by atoms with Crippen molar-refractivity contribution >= 4 is 21.6 Å². The van der Waals surface area contributed by atoms with Crippen molar-refractivity contribution < 1.29 is 5.11 Å². The van der Waals surface area contributed by atoms with Gasteiger partial charge >= 0.3 is 0 Å². The second-order valence-electron chi connectivity index (χ2n) is 3.99. The summed E-state index contributed by atoms with van der Waals surface area (Å²) in [5, 5.41) is 12.1. The predicted molar refractivity (Wildman–Crippen MR) is 76.5 cm³/mol. The van der Waals surface area contributed by atoms with E-state index in [1.165, 1.54) is 0 Å². The first-order valence-corrected chi connectivity index (χ1v) is 6.61. The molecule has 0 aliphatic heterocycles. The molecule has 0 saturated heterocycles. The van der Waals surface area contributed by atoms with E-state index in [0.29, 0.717) is 13.0 Å². The van der Waals surface area contributed by atoms with Crippen LogP contribution < -0.4 is 5.32 Å². The lowest BCUT2D eigenvalue weighted by Gasteiger charge is -2.07. The second-order valence-corrected chi connectivity index (χ2v) is 4.91. The zero-order chi connectivity index (χ0) is 12.8. The van der Waals surface area contributed by atoms with E-state index in [9.17, 15) is 0 Å². The third kappa shape index (κ3) is 3.82. The van der Waals surface area contributed by atoms with E-state index in [4.69, 9.17) is 5.11 Å². The van der Waals surface area contributed by atoms with Crippen LogP contribution >= 0.6 is 15.9 Å². The van der Waals surface area contributed by atoms with E-state index < -0.39 is 0 Å². The minimum atomic E-state index is 0.190. The second kappa shape index (κ2) is 6.52. The molecule has 0 fully saturated rings. The van der Waals surface area contributed by atoms with Gasteiger partial charge in [0.25, 0.3) is 0 Å². The van der Waals surface area contributed by atoms with Crippen LogP contribution in [0.3, 0.4) is 0 Å². The SMILES string of the molecule is OCCc1ccc(NCc2ccc(Br)cn2)cc1. The molecule has 1 aromatic heterocycles. The van der Waals surface area contributed by atoms with Crippen molar-refractivity contribution in [1.29, 1.82) is 0 Å². The fraction of sp³-hybridized carbons (Fsp3) is 0.214. The normalized spacial score (nSPS) is 10.3. The molecule has 0 unspecified atom stereocenters. The fourth-order valence-electron chi connectivity index (χ4n) is 1.62. The van der Waals surface area contributed by atoms with Crippen molar-refractivity contribution in [3.05, 3.63) is 58.3 Å². The first kappa shape index (κ1) is 13.1. The van der Waals surface area contributed by atoms with E-state index in [2.05, 4.69) is 26.2 Å². The molecule has 0 radical (unpaired) electrons. The van der Waals surface area contributed by atoms with Crippen LogP contribution in [0.15, 0.2) is 47.1 Å². The molecule has 0 bridgehead atoms. The number of nitrogens with one attached hydrogen (secondary N) is 1. The third-order valence-corrected chi connectivity index (χ3v) is 3.09. The molecule has 0 saturated carbocycles. The number of aliphatic hydroxyl groups excluding tert-OH is 1. The fourth-order valence-corrected chi connectivity index (χ4v) is 1.86. The van der Waals surface area contributed by atoms with Gasteiger partial charge in [0.2, 0.25) is 0 Å². The molecule has 94 valence electrons. The Balaban J connectivity index is 1.91. The Hall–Kier alpha value is -1.39. The number of hydrogen-bond donors (Lipinski definition) is 2. The first-order chi connectivity index (χ1) is 8.78. The molecule has 0 aliphatic carbocycles. The number of benzene rings is 1. The number of anilines is 1. The molecule has 18 heavy (non-hydrogen) atoms. The van der Waals surface area contributed by atoms with E-state index in [0.717, 1.165) is 21.4 Å². The van der Waals surface area contributed by atoms with Gasteiger partial charge in [0.15, 0.2) is 0 Å². The van der Waals surface area contributed by atoms with Gasteiger partial charge in [0, 0.05) is 23.0 Å². The van der Waals surface area contributed by atoms with Crippen LogP contribution in [0.5, 0.6) is 0 Å². The molecule has 2 N–H and O–H groups in total. The topological polar surface area (TPSA) is 45.1 Å². The monoisotopic (exact) mass is 306 g/mol. The number of nitrogens with zero attached hydrogens (tertiary/aromatic N) is 1. The summed E-state index contributed by atoms with van der Waals surface area (Å²) < 4.78 is 0.986. The van der Waals surface area contributed by atoms with E-state index in [1.807, 2.05) is 36.4 Å². The Morgan fingerprint density at radius 3 is 2.50 bits per heavy atom. The molecule has 0 amide bonds. The predicted octanol–water partition coefficient (Wildman–Crippen LogP) is 2.99. The van der Waals surface area contributed by atoms with E-state index in [-0.39, 0.29) is 6.61 Å². The molecular weight excluding hydrogens is 292 g/mol. The van der Waals surface area contributed by atoms with Crippen molar-refractivity contribution in [3.8, 4) is 0 Å². The van der Waals surface area contributed by atoms with E-state index >= 15 is 0 Å². The summed E-state index contributed by atoms with van der Waals surface area (Å²) >= 11 is 3.36. The molecule has 0 atom stereocenters. The maximum atomic E-state index is 8.84. The number of pyridine rings is 1. The van der Waals surface area contributed by atoms with Crippen molar-refractivity contribution in [1.82, 2.24) is 4.98 Å². The van der Waals surface area contributed by atoms with Crippen LogP contribution in [-0.2, 0) is 13.0 Å². The Bertz CT molecular complexity index is 482. The number of aliphatic hydroxyl groups is 1. The van der Waals surface area contributed by atoms with Gasteiger partial charge in [-0.2, -0.15) is 0 Å². The highest BCUT2D eigenvalue weighted by atomic mass is 79.9. The van der Waals surface area contributed by atoms with Crippen LogP contribution in [0.2, 0.25) is 0 Å². The minimum Gasteiger partial charge on any atom is -0.396 e. The summed E-state index contributed by atoms with van der Waals surface area (Å²) in [6.45, 7) is 0.891. The van der Waals surface area contributed by atoms with Gasteiger partial charge in [-0.15, -0.1) is 0 Å². The molecule has 4 heteroatoms. The molecule has 2 rings (SSSR count). The molecular formula is C14H15BrN2O. The Morgan fingerprint density at radius 2 is 1.89 bits per heavy atom. The van der Waals surface area contributed by atoms with Gasteiger partial charge in [0.05, 0.1) is 12.2 Å². The average molecular weight is 307 g/mol. The molecule has 1 aromatic carbocycles. The van der Waals surface area contributed by atoms with Crippen molar-refractivity contribution in [3.63, 3.8) is 0 Å². The maximum absolute atomic E-state index is 8.84. The standard InChI is InChI=1S/C14H15BrN2O/c15-12-3-6-14(16-9-12)10-17-13-4-1-11(2-5-13)7-8-18/h1-6,9,17-18H,7-8,10H2. The van der Waals surface area contributed by atoms with Crippen molar-refractivity contribution in [2.45, 2.75) is 13.0 Å². The average Bonchev–Trinajstić information content (AvgIpc) is 2.40. The third-order valence-electron chi connectivity index (χ3n) is 2.62. The molecule has 0 aliphatic rings. The number of aromatic nitrogens is 1. The summed E-state index contributed by atoms with van der Waals surface area (Å²) in [4.78, 5) is 4.30. The van der Waals surface area contributed by atoms with Gasteiger partial charge in [-0.3, -0.25) is 4.98 Å². The quantitative estimate of drug-likeness (QED) is 0.892. The summed E-state index contributed by atoms with van der Waals surface area (Å²) in [5.41, 5.74) is 3.20. The lowest BCUT2D eigenvalue weighted by Crippen LogP contribution is -2.01. The summed E-state index contributed by atoms with van der Waals surface area (Å²) in [7, 11) is 0. The summed E-state index contributed by atoms with van der Waals surface area (Å²) in [6, 6.07) is 12.0. The summed E-state index contributed by atoms with van der Waals surface area (Å²) in [6.07, 6.45) is 2.50. The molecule has 1 heterocycles. The number of halogens is 1. The van der Waals surface area contributed by atoms with Crippen molar-refractivity contribution in [2.24, 2.45) is 0 Å². The first-order valence-electron chi connectivity index (χ1n) is 5.82. The van der Waals surface area contributed by atoms with Gasteiger partial charge in [0.1, 0.15) is 0 Å².